The first-order valence-electron chi connectivity index (χ1n) is 5.68. The van der Waals surface area contributed by atoms with Gasteiger partial charge in [-0.15, -0.1) is 0 Å². The molecular weight excluding hydrogens is 307 g/mol. The fourth-order valence-electron chi connectivity index (χ4n) is 1.93. The molecule has 1 aromatic heterocycles. The second kappa shape index (κ2) is 5.69. The molecule has 1 atom stereocenters. The summed E-state index contributed by atoms with van der Waals surface area (Å²) in [5.74, 6) is 0.343. The van der Waals surface area contributed by atoms with E-state index in [2.05, 4.69) is 4.98 Å². The highest BCUT2D eigenvalue weighted by Crippen LogP contribution is 2.35. The molecular formula is C12H12Cl2N2O2S. The number of aromatic nitrogens is 1. The van der Waals surface area contributed by atoms with Crippen LogP contribution in [-0.4, -0.2) is 27.8 Å². The van der Waals surface area contributed by atoms with Crippen LogP contribution >= 0.6 is 35.0 Å². The summed E-state index contributed by atoms with van der Waals surface area (Å²) in [5.41, 5.74) is 0.698. The Morgan fingerprint density at radius 2 is 2.21 bits per heavy atom. The summed E-state index contributed by atoms with van der Waals surface area (Å²) in [4.78, 5) is 28.7. The van der Waals surface area contributed by atoms with Gasteiger partial charge >= 0.3 is 0 Å². The summed E-state index contributed by atoms with van der Waals surface area (Å²) in [6, 6.07) is 0. The topological polar surface area (TPSA) is 50.3 Å². The van der Waals surface area contributed by atoms with Gasteiger partial charge in [0.05, 0.1) is 10.0 Å². The number of amides is 1. The van der Waals surface area contributed by atoms with Crippen LogP contribution in [0.5, 0.6) is 0 Å². The highest BCUT2D eigenvalue weighted by Gasteiger charge is 2.34. The number of hydrogen-bond acceptors (Lipinski definition) is 4. The number of rotatable bonds is 2. The van der Waals surface area contributed by atoms with Crippen molar-refractivity contribution >= 4 is 51.8 Å². The maximum absolute atomic E-state index is 12.0. The molecule has 0 N–H and O–H groups in total. The molecule has 0 radical (unpaired) electrons. The Bertz CT molecular complexity index is 551. The molecule has 7 heteroatoms. The third kappa shape index (κ3) is 3.04. The summed E-state index contributed by atoms with van der Waals surface area (Å²) in [5, 5.41) is 0.814. The minimum atomic E-state index is -0.0742. The van der Waals surface area contributed by atoms with E-state index < -0.39 is 0 Å². The van der Waals surface area contributed by atoms with E-state index in [0.717, 1.165) is 0 Å². The minimum absolute atomic E-state index is 0.00555. The van der Waals surface area contributed by atoms with Crippen molar-refractivity contribution in [1.82, 2.24) is 4.98 Å². The van der Waals surface area contributed by atoms with Gasteiger partial charge in [0.2, 0.25) is 5.91 Å². The van der Waals surface area contributed by atoms with Crippen LogP contribution < -0.4 is 4.90 Å². The van der Waals surface area contributed by atoms with Crippen molar-refractivity contribution in [3.63, 3.8) is 0 Å². The molecule has 1 amide bonds. The molecule has 0 bridgehead atoms. The Morgan fingerprint density at radius 1 is 1.53 bits per heavy atom. The first-order chi connectivity index (χ1) is 8.90. The van der Waals surface area contributed by atoms with Crippen LogP contribution in [0.15, 0.2) is 6.20 Å². The summed E-state index contributed by atoms with van der Waals surface area (Å²) < 4.78 is 0. The van der Waals surface area contributed by atoms with E-state index in [4.69, 9.17) is 23.2 Å². The van der Waals surface area contributed by atoms with Crippen molar-refractivity contribution in [2.75, 3.05) is 11.4 Å². The maximum Gasteiger partial charge on any atom is 0.229 e. The number of halogens is 2. The lowest BCUT2D eigenvalue weighted by Crippen LogP contribution is -2.26. The highest BCUT2D eigenvalue weighted by molar-refractivity contribution is 8.14. The quantitative estimate of drug-likeness (QED) is 0.840. The Kier molecular flexibility index (Phi) is 4.38. The smallest absolute Gasteiger partial charge is 0.229 e. The molecule has 1 aliphatic heterocycles. The van der Waals surface area contributed by atoms with Crippen molar-refractivity contribution < 1.29 is 9.59 Å². The van der Waals surface area contributed by atoms with Crippen LogP contribution in [0.25, 0.3) is 0 Å². The molecule has 2 rings (SSSR count). The van der Waals surface area contributed by atoms with E-state index in [1.165, 1.54) is 29.8 Å². The third-order valence-electron chi connectivity index (χ3n) is 2.86. The maximum atomic E-state index is 12.0. The Balaban J connectivity index is 2.26. The SMILES string of the molecule is CC(=O)SC1CC(=O)N(c2ncc(Cl)c(C)c2Cl)C1. The van der Waals surface area contributed by atoms with Gasteiger partial charge in [-0.25, -0.2) is 4.98 Å². The number of nitrogens with zero attached hydrogens (tertiary/aromatic N) is 2. The summed E-state index contributed by atoms with van der Waals surface area (Å²) >= 11 is 13.3. The second-order valence-corrected chi connectivity index (χ2v) is 6.57. The van der Waals surface area contributed by atoms with Crippen LogP contribution in [0, 0.1) is 6.92 Å². The van der Waals surface area contributed by atoms with Gasteiger partial charge in [-0.3, -0.25) is 14.5 Å². The molecule has 0 saturated carbocycles. The van der Waals surface area contributed by atoms with Crippen LogP contribution in [0.2, 0.25) is 10.0 Å². The molecule has 4 nitrogen and oxygen atoms in total. The van der Waals surface area contributed by atoms with E-state index >= 15 is 0 Å². The van der Waals surface area contributed by atoms with Gasteiger partial charge in [-0.2, -0.15) is 0 Å². The molecule has 1 saturated heterocycles. The van der Waals surface area contributed by atoms with Crippen LogP contribution in [0.1, 0.15) is 18.9 Å². The lowest BCUT2D eigenvalue weighted by molar-refractivity contribution is -0.117. The highest BCUT2D eigenvalue weighted by atomic mass is 35.5. The van der Waals surface area contributed by atoms with E-state index in [0.29, 0.717) is 34.4 Å². The molecule has 0 aliphatic carbocycles. The van der Waals surface area contributed by atoms with Crippen molar-refractivity contribution in [2.45, 2.75) is 25.5 Å². The van der Waals surface area contributed by atoms with Gasteiger partial charge in [0.25, 0.3) is 0 Å². The summed E-state index contributed by atoms with van der Waals surface area (Å²) in [7, 11) is 0. The molecule has 2 heterocycles. The van der Waals surface area contributed by atoms with E-state index in [9.17, 15) is 9.59 Å². The van der Waals surface area contributed by atoms with Gasteiger partial charge in [-0.05, 0) is 12.5 Å². The Hall–Kier alpha value is -0.780. The normalized spacial score (nSPS) is 19.1. The zero-order chi connectivity index (χ0) is 14.2. The molecule has 1 fully saturated rings. The lowest BCUT2D eigenvalue weighted by Gasteiger charge is -2.18. The van der Waals surface area contributed by atoms with Gasteiger partial charge in [0, 0.05) is 31.3 Å². The Labute approximate surface area is 125 Å². The lowest BCUT2D eigenvalue weighted by atomic mass is 10.3. The van der Waals surface area contributed by atoms with Crippen LogP contribution in [-0.2, 0) is 9.59 Å². The predicted octanol–water partition coefficient (Wildman–Crippen LogP) is 3.08. The van der Waals surface area contributed by atoms with E-state index in [-0.39, 0.29) is 16.3 Å². The third-order valence-corrected chi connectivity index (χ3v) is 4.68. The van der Waals surface area contributed by atoms with E-state index in [1.807, 2.05) is 0 Å². The summed E-state index contributed by atoms with van der Waals surface area (Å²) in [6.07, 6.45) is 1.81. The molecule has 19 heavy (non-hydrogen) atoms. The number of pyridine rings is 1. The van der Waals surface area contributed by atoms with Gasteiger partial charge in [-0.1, -0.05) is 35.0 Å². The Morgan fingerprint density at radius 3 is 2.84 bits per heavy atom. The van der Waals surface area contributed by atoms with Gasteiger partial charge < -0.3 is 0 Å². The van der Waals surface area contributed by atoms with Crippen molar-refractivity contribution in [3.8, 4) is 0 Å². The minimum Gasteiger partial charge on any atom is -0.294 e. The molecule has 1 aromatic rings. The average Bonchev–Trinajstić information content (AvgIpc) is 2.66. The second-order valence-electron chi connectivity index (χ2n) is 4.31. The molecule has 1 aliphatic rings. The largest absolute Gasteiger partial charge is 0.294 e. The average molecular weight is 319 g/mol. The molecule has 102 valence electrons. The zero-order valence-electron chi connectivity index (χ0n) is 10.4. The van der Waals surface area contributed by atoms with Crippen LogP contribution in [0.4, 0.5) is 5.82 Å². The van der Waals surface area contributed by atoms with Crippen molar-refractivity contribution in [1.29, 1.82) is 0 Å². The monoisotopic (exact) mass is 318 g/mol. The summed E-state index contributed by atoms with van der Waals surface area (Å²) in [6.45, 7) is 3.71. The van der Waals surface area contributed by atoms with Crippen molar-refractivity contribution in [2.24, 2.45) is 0 Å². The number of carbonyl (C=O) groups excluding carboxylic acids is 2. The number of anilines is 1. The molecule has 0 aromatic carbocycles. The number of carbonyl (C=O) groups is 2. The first kappa shape index (κ1) is 14.6. The fraction of sp³-hybridized carbons (Fsp3) is 0.417. The number of hydrogen-bond donors (Lipinski definition) is 0. The molecule has 0 spiro atoms. The standard InChI is InChI=1S/C12H12Cl2N2O2S/c1-6-9(13)4-15-12(11(6)14)16-5-8(3-10(16)18)19-7(2)17/h4,8H,3,5H2,1-2H3. The predicted molar refractivity (Wildman–Crippen MR) is 78.0 cm³/mol. The zero-order valence-corrected chi connectivity index (χ0v) is 12.8. The number of thioether (sulfide) groups is 1. The van der Waals surface area contributed by atoms with Gasteiger partial charge in [0.1, 0.15) is 0 Å². The van der Waals surface area contributed by atoms with Gasteiger partial charge in [0.15, 0.2) is 10.9 Å². The van der Waals surface area contributed by atoms with Crippen molar-refractivity contribution in [3.05, 3.63) is 21.8 Å². The fourth-order valence-corrected chi connectivity index (χ4v) is 3.29. The first-order valence-corrected chi connectivity index (χ1v) is 7.32. The van der Waals surface area contributed by atoms with E-state index in [1.54, 1.807) is 6.92 Å². The van der Waals surface area contributed by atoms with Crippen LogP contribution in [0.3, 0.4) is 0 Å². The molecule has 1 unspecified atom stereocenters.